The highest BCUT2D eigenvalue weighted by atomic mass is 16.5. The summed E-state index contributed by atoms with van der Waals surface area (Å²) in [7, 11) is 1.57. The number of hydrogen-bond donors (Lipinski definition) is 1. The summed E-state index contributed by atoms with van der Waals surface area (Å²) in [6, 6.07) is 13.5. The molecular weight excluding hydrogens is 262 g/mol. The Bertz CT molecular complexity index is 647. The summed E-state index contributed by atoms with van der Waals surface area (Å²) in [4.78, 5) is 12.4. The number of ether oxygens (including phenoxy) is 1. The lowest BCUT2D eigenvalue weighted by Gasteiger charge is -2.12. The molecule has 0 saturated carbocycles. The van der Waals surface area contributed by atoms with Gasteiger partial charge in [-0.25, -0.2) is 0 Å². The second-order valence-corrected chi connectivity index (χ2v) is 5.44. The molecule has 0 heterocycles. The van der Waals surface area contributed by atoms with Crippen molar-refractivity contribution in [3.63, 3.8) is 0 Å². The first-order chi connectivity index (χ1) is 10.0. The number of carbonyl (C=O) groups is 1. The van der Waals surface area contributed by atoms with Crippen molar-refractivity contribution in [2.24, 2.45) is 0 Å². The van der Waals surface area contributed by atoms with Crippen LogP contribution in [0.5, 0.6) is 5.75 Å². The highest BCUT2D eigenvalue weighted by Crippen LogP contribution is 2.23. The number of benzene rings is 2. The highest BCUT2D eigenvalue weighted by Gasteiger charge is 2.13. The number of methoxy groups -OCH3 is 1. The van der Waals surface area contributed by atoms with Crippen molar-refractivity contribution in [2.75, 3.05) is 12.4 Å². The quantitative estimate of drug-likeness (QED) is 0.904. The van der Waals surface area contributed by atoms with E-state index in [0.717, 1.165) is 11.3 Å². The van der Waals surface area contributed by atoms with Crippen molar-refractivity contribution in [3.8, 4) is 5.75 Å². The second kappa shape index (κ2) is 6.44. The standard InChI is InChI=1S/C18H21NO2/c1-12(2)14-6-5-7-15(11-14)19-18(20)16-10-13(3)8-9-17(16)21-4/h5-12H,1-4H3,(H,19,20). The highest BCUT2D eigenvalue weighted by molar-refractivity contribution is 6.06. The minimum absolute atomic E-state index is 0.156. The van der Waals surface area contributed by atoms with E-state index in [-0.39, 0.29) is 5.91 Å². The van der Waals surface area contributed by atoms with Crippen molar-refractivity contribution in [2.45, 2.75) is 26.7 Å². The summed E-state index contributed by atoms with van der Waals surface area (Å²) in [6.45, 7) is 6.21. The maximum Gasteiger partial charge on any atom is 0.259 e. The SMILES string of the molecule is COc1ccc(C)cc1C(=O)Nc1cccc(C(C)C)c1. The number of aryl methyl sites for hydroxylation is 1. The average Bonchev–Trinajstić information content (AvgIpc) is 2.47. The van der Waals surface area contributed by atoms with Crippen LogP contribution in [0.1, 0.15) is 41.3 Å². The van der Waals surface area contributed by atoms with Crippen LogP contribution in [0.2, 0.25) is 0 Å². The van der Waals surface area contributed by atoms with E-state index in [0.29, 0.717) is 17.2 Å². The Kier molecular flexibility index (Phi) is 4.63. The topological polar surface area (TPSA) is 38.3 Å². The lowest BCUT2D eigenvalue weighted by molar-refractivity contribution is 0.102. The molecule has 0 aliphatic heterocycles. The molecule has 0 aromatic heterocycles. The number of anilines is 1. The Balaban J connectivity index is 2.26. The van der Waals surface area contributed by atoms with Gasteiger partial charge in [-0.2, -0.15) is 0 Å². The molecule has 0 saturated heterocycles. The smallest absolute Gasteiger partial charge is 0.259 e. The van der Waals surface area contributed by atoms with Gasteiger partial charge in [-0.15, -0.1) is 0 Å². The molecule has 2 rings (SSSR count). The zero-order chi connectivity index (χ0) is 15.4. The van der Waals surface area contributed by atoms with Crippen LogP contribution in [0.25, 0.3) is 0 Å². The summed E-state index contributed by atoms with van der Waals surface area (Å²) in [5, 5.41) is 2.94. The van der Waals surface area contributed by atoms with Crippen molar-refractivity contribution in [3.05, 3.63) is 59.2 Å². The molecule has 110 valence electrons. The van der Waals surface area contributed by atoms with E-state index in [2.05, 4.69) is 25.2 Å². The van der Waals surface area contributed by atoms with Gasteiger partial charge in [0.15, 0.2) is 0 Å². The first-order valence-corrected chi connectivity index (χ1v) is 7.07. The van der Waals surface area contributed by atoms with Gasteiger partial charge in [-0.3, -0.25) is 4.79 Å². The zero-order valence-electron chi connectivity index (χ0n) is 12.9. The number of hydrogen-bond acceptors (Lipinski definition) is 2. The molecule has 1 N–H and O–H groups in total. The third kappa shape index (κ3) is 3.63. The summed E-state index contributed by atoms with van der Waals surface area (Å²) in [6.07, 6.45) is 0. The van der Waals surface area contributed by atoms with E-state index < -0.39 is 0 Å². The van der Waals surface area contributed by atoms with Gasteiger partial charge in [0.1, 0.15) is 5.75 Å². The molecular formula is C18H21NO2. The maximum atomic E-state index is 12.4. The molecule has 1 amide bonds. The Morgan fingerprint density at radius 2 is 1.90 bits per heavy atom. The van der Waals surface area contributed by atoms with Crippen molar-refractivity contribution < 1.29 is 9.53 Å². The van der Waals surface area contributed by atoms with E-state index in [9.17, 15) is 4.79 Å². The predicted octanol–water partition coefficient (Wildman–Crippen LogP) is 4.38. The molecule has 0 aliphatic rings. The van der Waals surface area contributed by atoms with Gasteiger partial charge in [0.25, 0.3) is 5.91 Å². The van der Waals surface area contributed by atoms with E-state index in [1.165, 1.54) is 5.56 Å². The molecule has 3 heteroatoms. The minimum atomic E-state index is -0.156. The number of carbonyl (C=O) groups excluding carboxylic acids is 1. The molecule has 0 fully saturated rings. The van der Waals surface area contributed by atoms with E-state index in [1.807, 2.05) is 43.3 Å². The van der Waals surface area contributed by atoms with Crippen LogP contribution in [0.15, 0.2) is 42.5 Å². The third-order valence-corrected chi connectivity index (χ3v) is 3.41. The number of amides is 1. The molecule has 0 atom stereocenters. The number of rotatable bonds is 4. The lowest BCUT2D eigenvalue weighted by atomic mass is 10.0. The Morgan fingerprint density at radius 3 is 2.57 bits per heavy atom. The van der Waals surface area contributed by atoms with Gasteiger partial charge in [0, 0.05) is 5.69 Å². The molecule has 0 unspecified atom stereocenters. The number of nitrogens with one attached hydrogen (secondary N) is 1. The maximum absolute atomic E-state index is 12.4. The Morgan fingerprint density at radius 1 is 1.14 bits per heavy atom. The minimum Gasteiger partial charge on any atom is -0.496 e. The third-order valence-electron chi connectivity index (χ3n) is 3.41. The van der Waals surface area contributed by atoms with Crippen molar-refractivity contribution in [1.82, 2.24) is 0 Å². The summed E-state index contributed by atoms with van der Waals surface area (Å²) in [5.41, 5.74) is 3.57. The Labute approximate surface area is 126 Å². The van der Waals surface area contributed by atoms with Crippen LogP contribution in [-0.4, -0.2) is 13.0 Å². The van der Waals surface area contributed by atoms with Crippen molar-refractivity contribution in [1.29, 1.82) is 0 Å². The lowest BCUT2D eigenvalue weighted by Crippen LogP contribution is -2.13. The van der Waals surface area contributed by atoms with Crippen LogP contribution >= 0.6 is 0 Å². The van der Waals surface area contributed by atoms with E-state index in [4.69, 9.17) is 4.74 Å². The Hall–Kier alpha value is -2.29. The van der Waals surface area contributed by atoms with Gasteiger partial charge in [0.2, 0.25) is 0 Å². The van der Waals surface area contributed by atoms with E-state index in [1.54, 1.807) is 7.11 Å². The first kappa shape index (κ1) is 15.1. The summed E-state index contributed by atoms with van der Waals surface area (Å²) in [5.74, 6) is 0.852. The van der Waals surface area contributed by atoms with Crippen LogP contribution < -0.4 is 10.1 Å². The molecule has 3 nitrogen and oxygen atoms in total. The fraction of sp³-hybridized carbons (Fsp3) is 0.278. The fourth-order valence-corrected chi connectivity index (χ4v) is 2.17. The van der Waals surface area contributed by atoms with Gasteiger partial charge in [-0.1, -0.05) is 37.6 Å². The van der Waals surface area contributed by atoms with Crippen LogP contribution in [0.4, 0.5) is 5.69 Å². The van der Waals surface area contributed by atoms with Gasteiger partial charge in [-0.05, 0) is 42.7 Å². The van der Waals surface area contributed by atoms with Crippen molar-refractivity contribution >= 4 is 11.6 Å². The molecule has 0 bridgehead atoms. The average molecular weight is 283 g/mol. The van der Waals surface area contributed by atoms with E-state index >= 15 is 0 Å². The summed E-state index contributed by atoms with van der Waals surface area (Å²) >= 11 is 0. The molecule has 21 heavy (non-hydrogen) atoms. The van der Waals surface area contributed by atoms with Crippen LogP contribution in [-0.2, 0) is 0 Å². The largest absolute Gasteiger partial charge is 0.496 e. The normalized spacial score (nSPS) is 10.5. The van der Waals surface area contributed by atoms with Crippen LogP contribution in [0.3, 0.4) is 0 Å². The molecule has 0 spiro atoms. The molecule has 2 aromatic rings. The van der Waals surface area contributed by atoms with Gasteiger partial charge < -0.3 is 10.1 Å². The molecule has 0 aliphatic carbocycles. The fourth-order valence-electron chi connectivity index (χ4n) is 2.17. The monoisotopic (exact) mass is 283 g/mol. The van der Waals surface area contributed by atoms with Gasteiger partial charge in [0.05, 0.1) is 12.7 Å². The summed E-state index contributed by atoms with van der Waals surface area (Å²) < 4.78 is 5.26. The first-order valence-electron chi connectivity index (χ1n) is 7.07. The van der Waals surface area contributed by atoms with Gasteiger partial charge >= 0.3 is 0 Å². The predicted molar refractivity (Wildman–Crippen MR) is 86.2 cm³/mol. The molecule has 2 aromatic carbocycles. The van der Waals surface area contributed by atoms with Crippen LogP contribution in [0, 0.1) is 6.92 Å². The second-order valence-electron chi connectivity index (χ2n) is 5.44. The zero-order valence-corrected chi connectivity index (χ0v) is 12.9. The molecule has 0 radical (unpaired) electrons.